The van der Waals surface area contributed by atoms with Crippen molar-refractivity contribution in [3.05, 3.63) is 0 Å². The molecule has 0 aromatic heterocycles. The van der Waals surface area contributed by atoms with E-state index in [9.17, 15) is 4.79 Å². The lowest BCUT2D eigenvalue weighted by Gasteiger charge is -2.22. The molecule has 1 N–H and O–H groups in total. The van der Waals surface area contributed by atoms with Crippen LogP contribution in [0.3, 0.4) is 0 Å². The van der Waals surface area contributed by atoms with E-state index in [-0.39, 0.29) is 0 Å². The summed E-state index contributed by atoms with van der Waals surface area (Å²) in [5.41, 5.74) is 0. The number of rotatable bonds is 4. The second-order valence-electron chi connectivity index (χ2n) is 4.43. The summed E-state index contributed by atoms with van der Waals surface area (Å²) in [4.78, 5) is 11.4. The minimum absolute atomic E-state index is 0.462. The van der Waals surface area contributed by atoms with Gasteiger partial charge in [0.2, 0.25) is 0 Å². The zero-order valence-electron chi connectivity index (χ0n) is 8.22. The van der Waals surface area contributed by atoms with Gasteiger partial charge in [-0.15, -0.1) is 0 Å². The molecule has 0 amide bonds. The Kier molecular flexibility index (Phi) is 2.99. The second kappa shape index (κ2) is 4.23. The molecule has 1 unspecified atom stereocenters. The molecular formula is C11H19NO. The number of piperidine rings is 1. The topological polar surface area (TPSA) is 29.1 Å². The van der Waals surface area contributed by atoms with Crippen molar-refractivity contribution in [1.29, 1.82) is 0 Å². The molecule has 74 valence electrons. The smallest absolute Gasteiger partial charge is 0.136 e. The first-order valence-electron chi connectivity index (χ1n) is 5.62. The Balaban J connectivity index is 1.62. The van der Waals surface area contributed by atoms with Crippen LogP contribution in [0, 0.1) is 5.92 Å². The minimum Gasteiger partial charge on any atom is -0.314 e. The van der Waals surface area contributed by atoms with Crippen LogP contribution in [-0.2, 0) is 4.79 Å². The third-order valence-electron chi connectivity index (χ3n) is 3.18. The van der Waals surface area contributed by atoms with Gasteiger partial charge in [-0.2, -0.15) is 0 Å². The van der Waals surface area contributed by atoms with Gasteiger partial charge < -0.3 is 5.32 Å². The number of hydrogen-bond donors (Lipinski definition) is 1. The molecule has 13 heavy (non-hydrogen) atoms. The Morgan fingerprint density at radius 2 is 2.08 bits per heavy atom. The summed E-state index contributed by atoms with van der Waals surface area (Å²) in [5.74, 6) is 0.982. The van der Waals surface area contributed by atoms with Crippen molar-refractivity contribution in [3.8, 4) is 0 Å². The second-order valence-corrected chi connectivity index (χ2v) is 4.43. The molecule has 2 fully saturated rings. The maximum Gasteiger partial charge on any atom is 0.136 e. The third kappa shape index (κ3) is 2.80. The van der Waals surface area contributed by atoms with Crippen molar-refractivity contribution in [1.82, 2.24) is 5.32 Å². The van der Waals surface area contributed by atoms with Crippen LogP contribution in [0.5, 0.6) is 0 Å². The van der Waals surface area contributed by atoms with E-state index in [4.69, 9.17) is 0 Å². The molecule has 0 aromatic carbocycles. The standard InChI is InChI=1S/C11H19NO/c13-11(9-4-5-9)7-6-10-3-1-2-8-12-10/h9-10,12H,1-8H2. The average molecular weight is 181 g/mol. The predicted molar refractivity (Wildman–Crippen MR) is 52.6 cm³/mol. The molecule has 1 saturated carbocycles. The van der Waals surface area contributed by atoms with E-state index in [1.807, 2.05) is 0 Å². The molecule has 0 radical (unpaired) electrons. The highest BCUT2D eigenvalue weighted by molar-refractivity contribution is 5.83. The summed E-state index contributed by atoms with van der Waals surface area (Å²) in [6.07, 6.45) is 8.16. The van der Waals surface area contributed by atoms with Crippen LogP contribution in [0.1, 0.15) is 44.9 Å². The first-order valence-corrected chi connectivity index (χ1v) is 5.62. The van der Waals surface area contributed by atoms with Gasteiger partial charge in [-0.3, -0.25) is 4.79 Å². The molecule has 1 aliphatic heterocycles. The van der Waals surface area contributed by atoms with E-state index < -0.39 is 0 Å². The molecule has 1 aliphatic carbocycles. The molecule has 2 aliphatic rings. The highest BCUT2D eigenvalue weighted by atomic mass is 16.1. The van der Waals surface area contributed by atoms with Crippen LogP contribution < -0.4 is 5.32 Å². The lowest BCUT2D eigenvalue weighted by atomic mass is 9.98. The monoisotopic (exact) mass is 181 g/mol. The van der Waals surface area contributed by atoms with E-state index in [1.165, 1.54) is 19.3 Å². The first kappa shape index (κ1) is 9.20. The SMILES string of the molecule is O=C(CCC1CCCCN1)C1CC1. The maximum absolute atomic E-state index is 11.4. The fourth-order valence-electron chi connectivity index (χ4n) is 2.10. The molecule has 2 heteroatoms. The Labute approximate surface area is 80.1 Å². The van der Waals surface area contributed by atoms with Crippen LogP contribution in [0.15, 0.2) is 0 Å². The Bertz CT molecular complexity index is 181. The molecule has 0 spiro atoms. The average Bonchev–Trinajstić information content (AvgIpc) is 2.99. The van der Waals surface area contributed by atoms with Crippen LogP contribution in [0.4, 0.5) is 0 Å². The largest absolute Gasteiger partial charge is 0.314 e. The molecule has 2 rings (SSSR count). The van der Waals surface area contributed by atoms with Gasteiger partial charge in [0, 0.05) is 18.4 Å². The van der Waals surface area contributed by atoms with E-state index in [2.05, 4.69) is 5.32 Å². The van der Waals surface area contributed by atoms with E-state index in [1.54, 1.807) is 0 Å². The number of hydrogen-bond acceptors (Lipinski definition) is 2. The normalized spacial score (nSPS) is 28.8. The van der Waals surface area contributed by atoms with Crippen molar-refractivity contribution >= 4 is 5.78 Å². The van der Waals surface area contributed by atoms with Crippen molar-refractivity contribution in [2.45, 2.75) is 51.0 Å². The van der Waals surface area contributed by atoms with Crippen molar-refractivity contribution < 1.29 is 4.79 Å². The van der Waals surface area contributed by atoms with Crippen molar-refractivity contribution in [2.24, 2.45) is 5.92 Å². The molecule has 2 nitrogen and oxygen atoms in total. The van der Waals surface area contributed by atoms with Gasteiger partial charge in [0.05, 0.1) is 0 Å². The quantitative estimate of drug-likeness (QED) is 0.717. The molecule has 1 heterocycles. The molecule has 0 bridgehead atoms. The number of carbonyl (C=O) groups excluding carboxylic acids is 1. The van der Waals surface area contributed by atoms with Crippen LogP contribution in [-0.4, -0.2) is 18.4 Å². The lowest BCUT2D eigenvalue weighted by molar-refractivity contribution is -0.120. The summed E-state index contributed by atoms with van der Waals surface area (Å²) in [6.45, 7) is 1.16. The van der Waals surface area contributed by atoms with Crippen LogP contribution >= 0.6 is 0 Å². The highest BCUT2D eigenvalue weighted by Gasteiger charge is 2.29. The summed E-state index contributed by atoms with van der Waals surface area (Å²) >= 11 is 0. The number of Topliss-reactive ketones (excluding diaryl/α,β-unsaturated/α-hetero) is 1. The number of ketones is 1. The van der Waals surface area contributed by atoms with Crippen LogP contribution in [0.25, 0.3) is 0 Å². The van der Waals surface area contributed by atoms with Gasteiger partial charge in [-0.1, -0.05) is 6.42 Å². The Morgan fingerprint density at radius 1 is 1.23 bits per heavy atom. The Morgan fingerprint density at radius 3 is 2.69 bits per heavy atom. The fourth-order valence-corrected chi connectivity index (χ4v) is 2.10. The molecule has 1 saturated heterocycles. The predicted octanol–water partition coefficient (Wildman–Crippen LogP) is 1.89. The zero-order valence-corrected chi connectivity index (χ0v) is 8.22. The highest BCUT2D eigenvalue weighted by Crippen LogP contribution is 2.31. The van der Waals surface area contributed by atoms with Gasteiger partial charge in [-0.25, -0.2) is 0 Å². The van der Waals surface area contributed by atoms with Crippen molar-refractivity contribution in [3.63, 3.8) is 0 Å². The van der Waals surface area contributed by atoms with E-state index in [0.29, 0.717) is 17.7 Å². The lowest BCUT2D eigenvalue weighted by Crippen LogP contribution is -2.34. The van der Waals surface area contributed by atoms with Gasteiger partial charge in [0.1, 0.15) is 5.78 Å². The van der Waals surface area contributed by atoms with Crippen molar-refractivity contribution in [2.75, 3.05) is 6.54 Å². The van der Waals surface area contributed by atoms with Gasteiger partial charge in [-0.05, 0) is 38.6 Å². The maximum atomic E-state index is 11.4. The van der Waals surface area contributed by atoms with E-state index >= 15 is 0 Å². The van der Waals surface area contributed by atoms with E-state index in [0.717, 1.165) is 32.2 Å². The molecule has 0 aromatic rings. The minimum atomic E-state index is 0.462. The van der Waals surface area contributed by atoms with Gasteiger partial charge >= 0.3 is 0 Å². The number of carbonyl (C=O) groups is 1. The summed E-state index contributed by atoms with van der Waals surface area (Å²) in [6, 6.07) is 0.636. The Hall–Kier alpha value is -0.370. The first-order chi connectivity index (χ1) is 6.36. The van der Waals surface area contributed by atoms with Crippen LogP contribution in [0.2, 0.25) is 0 Å². The third-order valence-corrected chi connectivity index (χ3v) is 3.18. The van der Waals surface area contributed by atoms with Gasteiger partial charge in [0.15, 0.2) is 0 Å². The summed E-state index contributed by atoms with van der Waals surface area (Å²) in [5, 5.41) is 3.48. The fraction of sp³-hybridized carbons (Fsp3) is 0.909. The summed E-state index contributed by atoms with van der Waals surface area (Å²) in [7, 11) is 0. The molecule has 1 atom stereocenters. The van der Waals surface area contributed by atoms with Gasteiger partial charge in [0.25, 0.3) is 0 Å². The number of nitrogens with one attached hydrogen (secondary N) is 1. The summed E-state index contributed by atoms with van der Waals surface area (Å²) < 4.78 is 0. The zero-order chi connectivity index (χ0) is 9.10. The molecular weight excluding hydrogens is 162 g/mol.